The second-order valence-corrected chi connectivity index (χ2v) is 5.11. The number of likely N-dealkylation sites (N-methyl/N-ethyl adjacent to an activating group) is 1. The fourth-order valence-electron chi connectivity index (χ4n) is 1.56. The summed E-state index contributed by atoms with van der Waals surface area (Å²) in [7, 11) is 1.87. The molecule has 1 aliphatic rings. The Bertz CT molecular complexity index is 214. The van der Waals surface area contributed by atoms with Crippen molar-refractivity contribution in [3.8, 4) is 0 Å². The Morgan fingerprint density at radius 2 is 2.33 bits per heavy atom. The Kier molecular flexibility index (Phi) is 5.42. The van der Waals surface area contributed by atoms with E-state index in [-0.39, 0.29) is 17.9 Å². The fourth-order valence-corrected chi connectivity index (χ4v) is 1.81. The second kappa shape index (κ2) is 6.35. The maximum Gasteiger partial charge on any atom is 0.227 e. The molecule has 0 aromatic rings. The predicted octanol–water partition coefficient (Wildman–Crippen LogP) is 0.0885. The summed E-state index contributed by atoms with van der Waals surface area (Å²) >= 11 is 1.75. The Morgan fingerprint density at radius 1 is 1.60 bits per heavy atom. The number of hydrogen-bond acceptors (Lipinski definition) is 4. The van der Waals surface area contributed by atoms with Crippen molar-refractivity contribution in [1.29, 1.82) is 0 Å². The third-order valence-corrected chi connectivity index (χ3v) is 3.73. The molecule has 1 rings (SSSR count). The summed E-state index contributed by atoms with van der Waals surface area (Å²) in [6.07, 6.45) is 2.05. The van der Waals surface area contributed by atoms with Crippen LogP contribution in [0, 0.1) is 5.92 Å². The lowest BCUT2D eigenvalue weighted by atomic mass is 10.0. The van der Waals surface area contributed by atoms with E-state index in [1.165, 1.54) is 0 Å². The Labute approximate surface area is 95.5 Å². The molecule has 0 aliphatic carbocycles. The number of rotatable bonds is 5. The number of carbonyl (C=O) groups is 1. The molecule has 88 valence electrons. The maximum atomic E-state index is 11.8. The molecule has 3 atom stereocenters. The van der Waals surface area contributed by atoms with E-state index < -0.39 is 0 Å². The molecular weight excluding hydrogens is 212 g/mol. The lowest BCUT2D eigenvalue weighted by Crippen LogP contribution is -2.43. The van der Waals surface area contributed by atoms with Crippen LogP contribution in [-0.2, 0) is 9.53 Å². The average Bonchev–Trinajstić information content (AvgIpc) is 2.73. The summed E-state index contributed by atoms with van der Waals surface area (Å²) in [6.45, 7) is 4.00. The van der Waals surface area contributed by atoms with Crippen molar-refractivity contribution in [2.45, 2.75) is 18.2 Å². The molecule has 3 unspecified atom stereocenters. The summed E-state index contributed by atoms with van der Waals surface area (Å²) in [5.74, 6) is 0.0665. The van der Waals surface area contributed by atoms with Gasteiger partial charge in [0, 0.05) is 17.8 Å². The Balaban J connectivity index is 2.33. The highest BCUT2D eigenvalue weighted by atomic mass is 32.2. The van der Waals surface area contributed by atoms with Gasteiger partial charge in [0.05, 0.1) is 19.1 Å². The minimum Gasteiger partial charge on any atom is -0.379 e. The minimum atomic E-state index is -0.0379. The molecule has 1 aliphatic heterocycles. The van der Waals surface area contributed by atoms with Crippen molar-refractivity contribution in [2.24, 2.45) is 5.92 Å². The van der Waals surface area contributed by atoms with E-state index in [9.17, 15) is 4.79 Å². The molecule has 0 bridgehead atoms. The molecule has 1 heterocycles. The van der Waals surface area contributed by atoms with Gasteiger partial charge < -0.3 is 15.4 Å². The van der Waals surface area contributed by atoms with Crippen LogP contribution in [0.1, 0.15) is 6.92 Å². The summed E-state index contributed by atoms with van der Waals surface area (Å²) in [5, 5.41) is 6.53. The van der Waals surface area contributed by atoms with E-state index >= 15 is 0 Å². The Hall–Kier alpha value is -0.260. The van der Waals surface area contributed by atoms with Crippen molar-refractivity contribution >= 4 is 17.7 Å². The van der Waals surface area contributed by atoms with Gasteiger partial charge in [0.2, 0.25) is 5.91 Å². The highest BCUT2D eigenvalue weighted by Crippen LogP contribution is 2.13. The monoisotopic (exact) mass is 232 g/mol. The third kappa shape index (κ3) is 3.66. The predicted molar refractivity (Wildman–Crippen MR) is 63.1 cm³/mol. The van der Waals surface area contributed by atoms with Gasteiger partial charge in [0.15, 0.2) is 0 Å². The number of amides is 1. The van der Waals surface area contributed by atoms with E-state index in [2.05, 4.69) is 17.6 Å². The van der Waals surface area contributed by atoms with E-state index in [1.807, 2.05) is 13.3 Å². The molecule has 2 N–H and O–H groups in total. The number of hydrogen-bond donors (Lipinski definition) is 2. The molecule has 1 fully saturated rings. The first-order chi connectivity index (χ1) is 7.19. The zero-order valence-electron chi connectivity index (χ0n) is 9.58. The van der Waals surface area contributed by atoms with E-state index in [1.54, 1.807) is 11.8 Å². The number of ether oxygens (including phenoxy) is 1. The smallest absolute Gasteiger partial charge is 0.227 e. The zero-order valence-corrected chi connectivity index (χ0v) is 10.4. The van der Waals surface area contributed by atoms with Crippen LogP contribution in [0.15, 0.2) is 0 Å². The molecule has 4 nitrogen and oxygen atoms in total. The van der Waals surface area contributed by atoms with E-state index in [0.29, 0.717) is 18.5 Å². The molecule has 5 heteroatoms. The number of carbonyl (C=O) groups excluding carboxylic acids is 1. The van der Waals surface area contributed by atoms with Gasteiger partial charge in [0.25, 0.3) is 0 Å². The molecule has 0 aromatic heterocycles. The van der Waals surface area contributed by atoms with Crippen LogP contribution < -0.4 is 10.6 Å². The average molecular weight is 232 g/mol. The van der Waals surface area contributed by atoms with E-state index in [4.69, 9.17) is 4.74 Å². The Morgan fingerprint density at radius 3 is 2.93 bits per heavy atom. The summed E-state index contributed by atoms with van der Waals surface area (Å²) in [5.41, 5.74) is 0. The van der Waals surface area contributed by atoms with Gasteiger partial charge in [-0.25, -0.2) is 0 Å². The fraction of sp³-hybridized carbons (Fsp3) is 0.900. The largest absolute Gasteiger partial charge is 0.379 e. The lowest BCUT2D eigenvalue weighted by molar-refractivity contribution is -0.125. The van der Waals surface area contributed by atoms with Crippen LogP contribution in [0.2, 0.25) is 0 Å². The molecule has 0 saturated carbocycles. The van der Waals surface area contributed by atoms with Crippen LogP contribution >= 0.6 is 11.8 Å². The molecule has 1 saturated heterocycles. The van der Waals surface area contributed by atoms with Gasteiger partial charge in [-0.1, -0.05) is 6.92 Å². The normalized spacial score (nSPS) is 27.7. The standard InChI is InChI=1S/C10H20N2O2S/c1-7(15-3)4-12-10(13)8-5-14-6-9(8)11-2/h7-9,11H,4-6H2,1-3H3,(H,12,13). The van der Waals surface area contributed by atoms with Gasteiger partial charge in [-0.2, -0.15) is 11.8 Å². The first kappa shape index (κ1) is 12.8. The molecular formula is C10H20N2O2S. The van der Waals surface area contributed by atoms with Crippen LogP contribution in [0.5, 0.6) is 0 Å². The molecule has 0 radical (unpaired) electrons. The van der Waals surface area contributed by atoms with Crippen LogP contribution in [0.3, 0.4) is 0 Å². The lowest BCUT2D eigenvalue weighted by Gasteiger charge is -2.17. The summed E-state index contributed by atoms with van der Waals surface area (Å²) < 4.78 is 5.29. The van der Waals surface area contributed by atoms with Crippen molar-refractivity contribution in [2.75, 3.05) is 33.1 Å². The highest BCUT2D eigenvalue weighted by Gasteiger charge is 2.32. The van der Waals surface area contributed by atoms with Crippen molar-refractivity contribution in [1.82, 2.24) is 10.6 Å². The van der Waals surface area contributed by atoms with Crippen LogP contribution in [-0.4, -0.2) is 50.3 Å². The maximum absolute atomic E-state index is 11.8. The van der Waals surface area contributed by atoms with Crippen molar-refractivity contribution < 1.29 is 9.53 Å². The summed E-state index contributed by atoms with van der Waals surface area (Å²) in [6, 6.07) is 0.162. The van der Waals surface area contributed by atoms with Crippen LogP contribution in [0.4, 0.5) is 0 Å². The van der Waals surface area contributed by atoms with Gasteiger partial charge in [-0.15, -0.1) is 0 Å². The van der Waals surface area contributed by atoms with Gasteiger partial charge >= 0.3 is 0 Å². The molecule has 0 aromatic carbocycles. The third-order valence-electron chi connectivity index (χ3n) is 2.75. The number of nitrogens with one attached hydrogen (secondary N) is 2. The first-order valence-electron chi connectivity index (χ1n) is 5.24. The van der Waals surface area contributed by atoms with Gasteiger partial charge in [-0.3, -0.25) is 4.79 Å². The zero-order chi connectivity index (χ0) is 11.3. The molecule has 0 spiro atoms. The molecule has 1 amide bonds. The topological polar surface area (TPSA) is 50.4 Å². The van der Waals surface area contributed by atoms with Gasteiger partial charge in [0.1, 0.15) is 0 Å². The minimum absolute atomic E-state index is 0.0379. The highest BCUT2D eigenvalue weighted by molar-refractivity contribution is 7.99. The molecule has 15 heavy (non-hydrogen) atoms. The second-order valence-electron chi connectivity index (χ2n) is 3.83. The quantitative estimate of drug-likeness (QED) is 0.705. The van der Waals surface area contributed by atoms with Gasteiger partial charge in [-0.05, 0) is 13.3 Å². The van der Waals surface area contributed by atoms with Crippen molar-refractivity contribution in [3.63, 3.8) is 0 Å². The van der Waals surface area contributed by atoms with E-state index in [0.717, 1.165) is 6.54 Å². The number of thioether (sulfide) groups is 1. The summed E-state index contributed by atoms with van der Waals surface area (Å²) in [4.78, 5) is 11.8. The van der Waals surface area contributed by atoms with Crippen LogP contribution in [0.25, 0.3) is 0 Å². The first-order valence-corrected chi connectivity index (χ1v) is 6.53. The van der Waals surface area contributed by atoms with Crippen molar-refractivity contribution in [3.05, 3.63) is 0 Å². The SMILES string of the molecule is CNC1COCC1C(=O)NCC(C)SC.